The van der Waals surface area contributed by atoms with Crippen LogP contribution in [0.2, 0.25) is 0 Å². The minimum absolute atomic E-state index is 0.00286. The van der Waals surface area contributed by atoms with Crippen molar-refractivity contribution < 1.29 is 13.2 Å². The second kappa shape index (κ2) is 7.49. The number of hydrogen-bond donors (Lipinski definition) is 2. The molecular weight excluding hydrogens is 324 g/mol. The monoisotopic (exact) mass is 346 g/mol. The minimum Gasteiger partial charge on any atom is -0.370 e. The van der Waals surface area contributed by atoms with Crippen molar-refractivity contribution in [3.05, 3.63) is 65.7 Å². The summed E-state index contributed by atoms with van der Waals surface area (Å²) in [7, 11) is -3.14. The van der Waals surface area contributed by atoms with Crippen LogP contribution in [0, 0.1) is 0 Å². The molecule has 6 heteroatoms. The highest BCUT2D eigenvalue weighted by molar-refractivity contribution is 7.91. The Morgan fingerprint density at radius 1 is 1.04 bits per heavy atom. The Morgan fingerprint density at radius 3 is 2.12 bits per heavy atom. The number of carbonyl (C=O) groups is 1. The zero-order chi connectivity index (χ0) is 17.7. The van der Waals surface area contributed by atoms with E-state index in [1.165, 1.54) is 0 Å². The molecule has 0 bridgehead atoms. The Balaban J connectivity index is 2.14. The molecule has 0 aliphatic carbocycles. The number of amides is 1. The van der Waals surface area contributed by atoms with E-state index >= 15 is 0 Å². The molecule has 0 saturated heterocycles. The molecule has 0 heterocycles. The van der Waals surface area contributed by atoms with Crippen LogP contribution in [-0.2, 0) is 20.4 Å². The molecule has 0 aromatic heterocycles. The van der Waals surface area contributed by atoms with Gasteiger partial charge in [0, 0.05) is 5.69 Å². The molecule has 1 atom stereocenters. The van der Waals surface area contributed by atoms with E-state index in [-0.39, 0.29) is 5.75 Å². The minimum atomic E-state index is -3.14. The number of hydrogen-bond acceptors (Lipinski definition) is 4. The Kier molecular flexibility index (Phi) is 5.62. The van der Waals surface area contributed by atoms with Crippen LogP contribution in [-0.4, -0.2) is 19.6 Å². The van der Waals surface area contributed by atoms with Gasteiger partial charge in [0.05, 0.1) is 11.0 Å². The second-order valence-electron chi connectivity index (χ2n) is 5.94. The molecule has 1 amide bonds. The first kappa shape index (κ1) is 18.0. The van der Waals surface area contributed by atoms with Crippen LogP contribution >= 0.6 is 0 Å². The summed E-state index contributed by atoms with van der Waals surface area (Å²) < 4.78 is 23.9. The molecule has 2 aromatic rings. The lowest BCUT2D eigenvalue weighted by Gasteiger charge is -2.17. The SMILES string of the molecule is CC(C)S(=O)(=O)Cc1ccc(NC(C(N)=O)c2ccccc2)cc1. The van der Waals surface area contributed by atoms with Gasteiger partial charge in [-0.15, -0.1) is 0 Å². The van der Waals surface area contributed by atoms with E-state index in [9.17, 15) is 13.2 Å². The fourth-order valence-electron chi connectivity index (χ4n) is 2.23. The van der Waals surface area contributed by atoms with Crippen LogP contribution in [0.25, 0.3) is 0 Å². The second-order valence-corrected chi connectivity index (χ2v) is 8.50. The fourth-order valence-corrected chi connectivity index (χ4v) is 3.22. The molecule has 0 radical (unpaired) electrons. The first-order valence-electron chi connectivity index (χ1n) is 7.71. The molecular formula is C18H22N2O3S. The highest BCUT2D eigenvalue weighted by Crippen LogP contribution is 2.21. The van der Waals surface area contributed by atoms with Crippen LogP contribution in [0.3, 0.4) is 0 Å². The van der Waals surface area contributed by atoms with Crippen LogP contribution < -0.4 is 11.1 Å². The Labute approximate surface area is 142 Å². The predicted octanol–water partition coefficient (Wildman–Crippen LogP) is 2.65. The molecule has 1 unspecified atom stereocenters. The van der Waals surface area contributed by atoms with Gasteiger partial charge >= 0.3 is 0 Å². The molecule has 0 aliphatic rings. The number of nitrogens with two attached hydrogens (primary N) is 1. The topological polar surface area (TPSA) is 89.3 Å². The highest BCUT2D eigenvalue weighted by Gasteiger charge is 2.18. The lowest BCUT2D eigenvalue weighted by Crippen LogP contribution is -2.27. The molecule has 128 valence electrons. The third-order valence-corrected chi connectivity index (χ3v) is 5.94. The third kappa shape index (κ3) is 4.58. The summed E-state index contributed by atoms with van der Waals surface area (Å²) in [6.45, 7) is 3.34. The zero-order valence-electron chi connectivity index (χ0n) is 13.8. The van der Waals surface area contributed by atoms with Gasteiger partial charge in [0.25, 0.3) is 0 Å². The van der Waals surface area contributed by atoms with Crippen LogP contribution in [0.1, 0.15) is 31.0 Å². The molecule has 3 N–H and O–H groups in total. The number of nitrogens with one attached hydrogen (secondary N) is 1. The van der Waals surface area contributed by atoms with E-state index in [2.05, 4.69) is 5.32 Å². The number of benzene rings is 2. The third-order valence-electron chi connectivity index (χ3n) is 3.77. The van der Waals surface area contributed by atoms with Crippen molar-refractivity contribution in [1.29, 1.82) is 0 Å². The average molecular weight is 346 g/mol. The molecule has 0 saturated carbocycles. The summed E-state index contributed by atoms with van der Waals surface area (Å²) in [6.07, 6.45) is 0. The fraction of sp³-hybridized carbons (Fsp3) is 0.278. The van der Waals surface area contributed by atoms with Gasteiger partial charge in [0.1, 0.15) is 6.04 Å². The van der Waals surface area contributed by atoms with Crippen LogP contribution in [0.15, 0.2) is 54.6 Å². The van der Waals surface area contributed by atoms with E-state index < -0.39 is 27.0 Å². The van der Waals surface area contributed by atoms with Gasteiger partial charge in [-0.3, -0.25) is 4.79 Å². The maximum absolute atomic E-state index is 12.0. The van der Waals surface area contributed by atoms with Crippen molar-refractivity contribution in [2.45, 2.75) is 30.9 Å². The van der Waals surface area contributed by atoms with Gasteiger partial charge in [-0.2, -0.15) is 0 Å². The molecule has 0 spiro atoms. The van der Waals surface area contributed by atoms with Crippen LogP contribution in [0.5, 0.6) is 0 Å². The van der Waals surface area contributed by atoms with Crippen LogP contribution in [0.4, 0.5) is 5.69 Å². The van der Waals surface area contributed by atoms with Gasteiger partial charge in [-0.05, 0) is 37.1 Å². The Morgan fingerprint density at radius 2 is 1.62 bits per heavy atom. The Hall–Kier alpha value is -2.34. The van der Waals surface area contributed by atoms with Gasteiger partial charge in [0.2, 0.25) is 5.91 Å². The summed E-state index contributed by atoms with van der Waals surface area (Å²) in [6, 6.07) is 15.5. The van der Waals surface area contributed by atoms with E-state index in [0.29, 0.717) is 11.3 Å². The summed E-state index contributed by atoms with van der Waals surface area (Å²) in [4.78, 5) is 11.7. The van der Waals surface area contributed by atoms with E-state index in [0.717, 1.165) is 5.56 Å². The maximum Gasteiger partial charge on any atom is 0.244 e. The van der Waals surface area contributed by atoms with Crippen molar-refractivity contribution in [1.82, 2.24) is 0 Å². The number of anilines is 1. The van der Waals surface area contributed by atoms with Crippen molar-refractivity contribution in [3.8, 4) is 0 Å². The lowest BCUT2D eigenvalue weighted by molar-refractivity contribution is -0.118. The summed E-state index contributed by atoms with van der Waals surface area (Å²) in [5, 5.41) is 2.67. The van der Waals surface area contributed by atoms with E-state index in [1.54, 1.807) is 38.1 Å². The zero-order valence-corrected chi connectivity index (χ0v) is 14.6. The molecule has 2 rings (SSSR count). The van der Waals surface area contributed by atoms with Crippen molar-refractivity contribution in [2.24, 2.45) is 5.73 Å². The number of carbonyl (C=O) groups excluding carboxylic acids is 1. The number of sulfone groups is 1. The first-order valence-corrected chi connectivity index (χ1v) is 9.42. The van der Waals surface area contributed by atoms with Crippen molar-refractivity contribution in [2.75, 3.05) is 5.32 Å². The average Bonchev–Trinajstić information content (AvgIpc) is 2.54. The number of primary amides is 1. The molecule has 5 nitrogen and oxygen atoms in total. The molecule has 24 heavy (non-hydrogen) atoms. The standard InChI is InChI=1S/C18H22N2O3S/c1-13(2)24(22,23)12-14-8-10-16(11-9-14)20-17(18(19)21)15-6-4-3-5-7-15/h3-11,13,17,20H,12H2,1-2H3,(H2,19,21). The Bertz CT molecular complexity index is 785. The van der Waals surface area contributed by atoms with E-state index in [1.807, 2.05) is 30.3 Å². The van der Waals surface area contributed by atoms with Gasteiger partial charge < -0.3 is 11.1 Å². The van der Waals surface area contributed by atoms with E-state index in [4.69, 9.17) is 5.73 Å². The lowest BCUT2D eigenvalue weighted by atomic mass is 10.1. The largest absolute Gasteiger partial charge is 0.370 e. The summed E-state index contributed by atoms with van der Waals surface area (Å²) in [5.41, 5.74) is 7.67. The normalized spacial score (nSPS) is 12.8. The van der Waals surface area contributed by atoms with Gasteiger partial charge in [-0.25, -0.2) is 8.42 Å². The summed E-state index contributed by atoms with van der Waals surface area (Å²) >= 11 is 0. The van der Waals surface area contributed by atoms with Crippen molar-refractivity contribution >= 4 is 21.4 Å². The van der Waals surface area contributed by atoms with Gasteiger partial charge in [-0.1, -0.05) is 42.5 Å². The van der Waals surface area contributed by atoms with Gasteiger partial charge in [0.15, 0.2) is 9.84 Å². The predicted molar refractivity (Wildman–Crippen MR) is 96.2 cm³/mol. The molecule has 2 aromatic carbocycles. The quantitative estimate of drug-likeness (QED) is 0.806. The first-order chi connectivity index (χ1) is 11.3. The summed E-state index contributed by atoms with van der Waals surface area (Å²) in [5.74, 6) is -0.476. The molecule has 0 fully saturated rings. The van der Waals surface area contributed by atoms with Crippen molar-refractivity contribution in [3.63, 3.8) is 0 Å². The number of rotatable bonds is 7. The maximum atomic E-state index is 12.0. The smallest absolute Gasteiger partial charge is 0.244 e. The highest BCUT2D eigenvalue weighted by atomic mass is 32.2. The molecule has 0 aliphatic heterocycles.